The Bertz CT molecular complexity index is 395. The molecule has 20 heavy (non-hydrogen) atoms. The van der Waals surface area contributed by atoms with E-state index >= 15 is 0 Å². The Kier molecular flexibility index (Phi) is 5.58. The zero-order valence-electron chi connectivity index (χ0n) is 13.2. The number of benzene rings is 1. The average Bonchev–Trinajstić information content (AvgIpc) is 2.48. The van der Waals surface area contributed by atoms with E-state index in [-0.39, 0.29) is 0 Å². The number of ether oxygens (including phenoxy) is 1. The van der Waals surface area contributed by atoms with E-state index in [0.29, 0.717) is 24.2 Å². The van der Waals surface area contributed by atoms with Crippen LogP contribution in [0.4, 0.5) is 0 Å². The fourth-order valence-electron chi connectivity index (χ4n) is 3.29. The topological polar surface area (TPSA) is 24.5 Å². The SMILES string of the molecule is CCC(C(NC)c1ccccc1)N1CC(C)OCC1C. The van der Waals surface area contributed by atoms with Crippen molar-refractivity contribution in [2.75, 3.05) is 20.2 Å². The lowest BCUT2D eigenvalue weighted by Crippen LogP contribution is -2.55. The third-order valence-corrected chi connectivity index (χ3v) is 4.35. The quantitative estimate of drug-likeness (QED) is 0.895. The Balaban J connectivity index is 2.20. The lowest BCUT2D eigenvalue weighted by molar-refractivity contribution is -0.0720. The van der Waals surface area contributed by atoms with Gasteiger partial charge in [0.25, 0.3) is 0 Å². The number of likely N-dealkylation sites (N-methyl/N-ethyl adjacent to an activating group) is 1. The van der Waals surface area contributed by atoms with Crippen LogP contribution in [0.3, 0.4) is 0 Å². The lowest BCUT2D eigenvalue weighted by atomic mass is 9.94. The molecule has 1 heterocycles. The highest BCUT2D eigenvalue weighted by molar-refractivity contribution is 5.20. The summed E-state index contributed by atoms with van der Waals surface area (Å²) in [5.41, 5.74) is 1.37. The van der Waals surface area contributed by atoms with E-state index in [1.165, 1.54) is 5.56 Å². The molecular formula is C17H28N2O. The summed E-state index contributed by atoms with van der Waals surface area (Å²) in [5, 5.41) is 3.52. The van der Waals surface area contributed by atoms with Gasteiger partial charge in [0.15, 0.2) is 0 Å². The van der Waals surface area contributed by atoms with Gasteiger partial charge in [-0.05, 0) is 32.9 Å². The standard InChI is InChI=1S/C17H28N2O/c1-5-16(19-11-14(3)20-12-13(19)2)17(18-4)15-9-7-6-8-10-15/h6-10,13-14,16-18H,5,11-12H2,1-4H3. The molecule has 3 nitrogen and oxygen atoms in total. The average molecular weight is 276 g/mol. The predicted molar refractivity (Wildman–Crippen MR) is 83.9 cm³/mol. The van der Waals surface area contributed by atoms with Crippen LogP contribution in [-0.2, 0) is 4.74 Å². The maximum absolute atomic E-state index is 5.77. The number of hydrogen-bond donors (Lipinski definition) is 1. The fourth-order valence-corrected chi connectivity index (χ4v) is 3.29. The van der Waals surface area contributed by atoms with Crippen LogP contribution in [-0.4, -0.2) is 43.3 Å². The van der Waals surface area contributed by atoms with Gasteiger partial charge in [0.05, 0.1) is 12.7 Å². The second-order valence-electron chi connectivity index (χ2n) is 5.84. The Morgan fingerprint density at radius 1 is 1.30 bits per heavy atom. The molecular weight excluding hydrogens is 248 g/mol. The maximum Gasteiger partial charge on any atom is 0.0674 e. The van der Waals surface area contributed by atoms with Gasteiger partial charge in [-0.2, -0.15) is 0 Å². The molecule has 1 fully saturated rings. The summed E-state index contributed by atoms with van der Waals surface area (Å²) in [7, 11) is 2.06. The van der Waals surface area contributed by atoms with E-state index in [0.717, 1.165) is 19.6 Å². The van der Waals surface area contributed by atoms with Gasteiger partial charge in [-0.25, -0.2) is 0 Å². The molecule has 2 rings (SSSR count). The van der Waals surface area contributed by atoms with Crippen LogP contribution in [0.2, 0.25) is 0 Å². The van der Waals surface area contributed by atoms with E-state index in [1.807, 2.05) is 0 Å². The lowest BCUT2D eigenvalue weighted by Gasteiger charge is -2.44. The first kappa shape index (κ1) is 15.5. The summed E-state index contributed by atoms with van der Waals surface area (Å²) < 4.78 is 5.77. The first-order valence-corrected chi connectivity index (χ1v) is 7.76. The summed E-state index contributed by atoms with van der Waals surface area (Å²) in [6.45, 7) is 8.58. The summed E-state index contributed by atoms with van der Waals surface area (Å²) >= 11 is 0. The molecule has 0 radical (unpaired) electrons. The van der Waals surface area contributed by atoms with Crippen LogP contribution in [0.1, 0.15) is 38.8 Å². The molecule has 4 unspecified atom stereocenters. The van der Waals surface area contributed by atoms with Crippen LogP contribution in [0.15, 0.2) is 30.3 Å². The van der Waals surface area contributed by atoms with E-state index in [4.69, 9.17) is 4.74 Å². The summed E-state index contributed by atoms with van der Waals surface area (Å²) in [4.78, 5) is 2.61. The zero-order valence-corrected chi connectivity index (χ0v) is 13.2. The Morgan fingerprint density at radius 2 is 2.00 bits per heavy atom. The minimum atomic E-state index is 0.327. The molecule has 0 amide bonds. The fraction of sp³-hybridized carbons (Fsp3) is 0.647. The molecule has 1 aliphatic heterocycles. The first-order chi connectivity index (χ1) is 9.67. The van der Waals surface area contributed by atoms with Gasteiger partial charge in [-0.3, -0.25) is 4.90 Å². The Labute approximate surface area is 123 Å². The molecule has 0 aromatic heterocycles. The second-order valence-corrected chi connectivity index (χ2v) is 5.84. The van der Waals surface area contributed by atoms with Crippen molar-refractivity contribution >= 4 is 0 Å². The number of nitrogens with one attached hydrogen (secondary N) is 1. The van der Waals surface area contributed by atoms with Gasteiger partial charge in [0, 0.05) is 24.7 Å². The van der Waals surface area contributed by atoms with Crippen LogP contribution >= 0.6 is 0 Å². The van der Waals surface area contributed by atoms with Gasteiger partial charge >= 0.3 is 0 Å². The van der Waals surface area contributed by atoms with Crippen LogP contribution in [0.5, 0.6) is 0 Å². The van der Waals surface area contributed by atoms with E-state index in [2.05, 4.69) is 68.4 Å². The minimum absolute atomic E-state index is 0.327. The van der Waals surface area contributed by atoms with Crippen LogP contribution < -0.4 is 5.32 Å². The van der Waals surface area contributed by atoms with Crippen molar-refractivity contribution in [3.05, 3.63) is 35.9 Å². The maximum atomic E-state index is 5.77. The highest BCUT2D eigenvalue weighted by atomic mass is 16.5. The van der Waals surface area contributed by atoms with Crippen molar-refractivity contribution in [2.45, 2.75) is 51.4 Å². The highest BCUT2D eigenvalue weighted by Crippen LogP contribution is 2.27. The molecule has 3 heteroatoms. The van der Waals surface area contributed by atoms with Crippen molar-refractivity contribution in [1.29, 1.82) is 0 Å². The number of hydrogen-bond acceptors (Lipinski definition) is 3. The monoisotopic (exact) mass is 276 g/mol. The van der Waals surface area contributed by atoms with E-state index in [9.17, 15) is 0 Å². The molecule has 0 bridgehead atoms. The minimum Gasteiger partial charge on any atom is -0.376 e. The smallest absolute Gasteiger partial charge is 0.0674 e. The predicted octanol–water partition coefficient (Wildman–Crippen LogP) is 2.83. The molecule has 1 N–H and O–H groups in total. The number of nitrogens with zero attached hydrogens (tertiary/aromatic N) is 1. The van der Waals surface area contributed by atoms with Gasteiger partial charge in [0.1, 0.15) is 0 Å². The van der Waals surface area contributed by atoms with Crippen molar-refractivity contribution in [1.82, 2.24) is 10.2 Å². The van der Waals surface area contributed by atoms with Crippen molar-refractivity contribution in [2.24, 2.45) is 0 Å². The zero-order chi connectivity index (χ0) is 14.5. The molecule has 4 atom stereocenters. The summed E-state index contributed by atoms with van der Waals surface area (Å²) in [6, 6.07) is 12.1. The molecule has 0 saturated carbocycles. The highest BCUT2D eigenvalue weighted by Gasteiger charge is 2.33. The van der Waals surface area contributed by atoms with Crippen LogP contribution in [0, 0.1) is 0 Å². The van der Waals surface area contributed by atoms with Gasteiger partial charge in [-0.15, -0.1) is 0 Å². The molecule has 0 spiro atoms. The summed E-state index contributed by atoms with van der Waals surface area (Å²) in [6.07, 6.45) is 1.46. The molecule has 1 aliphatic rings. The third-order valence-electron chi connectivity index (χ3n) is 4.35. The molecule has 1 aromatic rings. The van der Waals surface area contributed by atoms with Crippen molar-refractivity contribution in [3.8, 4) is 0 Å². The number of morpholine rings is 1. The Hall–Kier alpha value is -0.900. The largest absolute Gasteiger partial charge is 0.376 e. The molecule has 0 aliphatic carbocycles. The third kappa shape index (κ3) is 3.40. The molecule has 1 aromatic carbocycles. The van der Waals surface area contributed by atoms with Crippen molar-refractivity contribution in [3.63, 3.8) is 0 Å². The normalized spacial score (nSPS) is 27.2. The van der Waals surface area contributed by atoms with Gasteiger partial charge in [-0.1, -0.05) is 37.3 Å². The first-order valence-electron chi connectivity index (χ1n) is 7.76. The van der Waals surface area contributed by atoms with Crippen molar-refractivity contribution < 1.29 is 4.74 Å². The van der Waals surface area contributed by atoms with Gasteiger partial charge in [0.2, 0.25) is 0 Å². The van der Waals surface area contributed by atoms with E-state index < -0.39 is 0 Å². The molecule has 112 valence electrons. The van der Waals surface area contributed by atoms with E-state index in [1.54, 1.807) is 0 Å². The van der Waals surface area contributed by atoms with Crippen LogP contribution in [0.25, 0.3) is 0 Å². The molecule has 1 saturated heterocycles. The Morgan fingerprint density at radius 3 is 2.60 bits per heavy atom. The number of rotatable bonds is 5. The summed E-state index contributed by atoms with van der Waals surface area (Å²) in [5.74, 6) is 0. The van der Waals surface area contributed by atoms with Gasteiger partial charge < -0.3 is 10.1 Å². The second kappa shape index (κ2) is 7.21.